The van der Waals surface area contributed by atoms with Gasteiger partial charge in [0.15, 0.2) is 6.61 Å². The first kappa shape index (κ1) is 19.5. The maximum absolute atomic E-state index is 12.7. The van der Waals surface area contributed by atoms with Crippen molar-refractivity contribution in [3.05, 3.63) is 34.6 Å². The molecule has 0 bridgehead atoms. The van der Waals surface area contributed by atoms with Crippen molar-refractivity contribution >= 4 is 27.8 Å². The van der Waals surface area contributed by atoms with Gasteiger partial charge >= 0.3 is 5.97 Å². The summed E-state index contributed by atoms with van der Waals surface area (Å²) in [5, 5.41) is 10.7. The van der Waals surface area contributed by atoms with Crippen molar-refractivity contribution in [3.8, 4) is 11.5 Å². The average molecular weight is 436 g/mol. The van der Waals surface area contributed by atoms with Crippen LogP contribution in [0.25, 0.3) is 11.5 Å². The number of aromatic nitrogens is 2. The summed E-state index contributed by atoms with van der Waals surface area (Å²) in [5.41, 5.74) is -0.198. The summed E-state index contributed by atoms with van der Waals surface area (Å²) >= 11 is 3.40. The molecule has 1 amide bonds. The lowest BCUT2D eigenvalue weighted by Crippen LogP contribution is -2.56. The Bertz CT molecular complexity index is 828. The zero-order chi connectivity index (χ0) is 19.4. The van der Waals surface area contributed by atoms with Crippen LogP contribution in [-0.4, -0.2) is 27.6 Å². The monoisotopic (exact) mass is 435 g/mol. The predicted octanol–water partition coefficient (Wildman–Crippen LogP) is 3.63. The van der Waals surface area contributed by atoms with Gasteiger partial charge in [-0.05, 0) is 49.8 Å². The van der Waals surface area contributed by atoms with Crippen LogP contribution in [0.5, 0.6) is 0 Å². The lowest BCUT2D eigenvalue weighted by atomic mass is 9.77. The molecule has 27 heavy (non-hydrogen) atoms. The third kappa shape index (κ3) is 4.74. The Balaban J connectivity index is 1.66. The van der Waals surface area contributed by atoms with Gasteiger partial charge in [-0.15, -0.1) is 10.2 Å². The summed E-state index contributed by atoms with van der Waals surface area (Å²) in [4.78, 5) is 24.3. The summed E-state index contributed by atoms with van der Waals surface area (Å²) in [6, 6.07) is 7.47. The number of nitrogens with zero attached hydrogens (tertiary/aromatic N) is 2. The van der Waals surface area contributed by atoms with E-state index in [9.17, 15) is 9.59 Å². The van der Waals surface area contributed by atoms with Crippen molar-refractivity contribution in [1.29, 1.82) is 0 Å². The van der Waals surface area contributed by atoms with E-state index in [1.54, 1.807) is 0 Å². The molecular weight excluding hydrogens is 414 g/mol. The van der Waals surface area contributed by atoms with Gasteiger partial charge in [0.25, 0.3) is 5.89 Å². The Morgan fingerprint density at radius 2 is 2.07 bits per heavy atom. The fourth-order valence-electron chi connectivity index (χ4n) is 3.29. The molecule has 0 atom stereocenters. The van der Waals surface area contributed by atoms with Crippen LogP contribution in [0.1, 0.15) is 45.4 Å². The van der Waals surface area contributed by atoms with E-state index in [2.05, 4.69) is 38.4 Å². The zero-order valence-electron chi connectivity index (χ0n) is 15.3. The van der Waals surface area contributed by atoms with Crippen molar-refractivity contribution in [3.63, 3.8) is 0 Å². The van der Waals surface area contributed by atoms with E-state index in [0.29, 0.717) is 24.7 Å². The molecule has 1 aliphatic carbocycles. The zero-order valence-corrected chi connectivity index (χ0v) is 16.9. The standard InChI is InChI=1S/C19H22BrN3O4/c1-12-6-8-19(9-7-12,21-13(2)24)18(25)26-11-16-22-23-17(27-16)14-4-3-5-15(20)10-14/h3-5,10,12H,6-9,11H2,1-2H3,(H,21,24). The van der Waals surface area contributed by atoms with Gasteiger partial charge in [-0.3, -0.25) is 4.79 Å². The van der Waals surface area contributed by atoms with Gasteiger partial charge in [0.2, 0.25) is 11.8 Å². The fourth-order valence-corrected chi connectivity index (χ4v) is 3.69. The summed E-state index contributed by atoms with van der Waals surface area (Å²) in [7, 11) is 0. The number of hydrogen-bond acceptors (Lipinski definition) is 6. The van der Waals surface area contributed by atoms with Crippen LogP contribution in [0.2, 0.25) is 0 Å². The minimum absolute atomic E-state index is 0.128. The van der Waals surface area contributed by atoms with E-state index < -0.39 is 11.5 Å². The molecule has 0 aliphatic heterocycles. The first-order valence-corrected chi connectivity index (χ1v) is 9.71. The molecule has 0 spiro atoms. The number of nitrogens with one attached hydrogen (secondary N) is 1. The maximum atomic E-state index is 12.7. The third-order valence-electron chi connectivity index (χ3n) is 4.80. The predicted molar refractivity (Wildman–Crippen MR) is 101 cm³/mol. The molecule has 2 aromatic rings. The molecular formula is C19H22BrN3O4. The molecule has 1 aromatic heterocycles. The Labute approximate surface area is 166 Å². The second kappa shape index (κ2) is 8.21. The second-order valence-electron chi connectivity index (χ2n) is 7.03. The Morgan fingerprint density at radius 3 is 2.74 bits per heavy atom. The smallest absolute Gasteiger partial charge is 0.332 e. The third-order valence-corrected chi connectivity index (χ3v) is 5.29. The number of rotatable bonds is 5. The van der Waals surface area contributed by atoms with Crippen LogP contribution < -0.4 is 5.32 Å². The number of amides is 1. The second-order valence-corrected chi connectivity index (χ2v) is 7.95. The van der Waals surface area contributed by atoms with Crippen molar-refractivity contribution in [2.24, 2.45) is 5.92 Å². The van der Waals surface area contributed by atoms with Crippen molar-refractivity contribution < 1.29 is 18.7 Å². The van der Waals surface area contributed by atoms with Crippen LogP contribution in [0.15, 0.2) is 33.2 Å². The molecule has 7 nitrogen and oxygen atoms in total. The van der Waals surface area contributed by atoms with Crippen molar-refractivity contribution in [2.45, 2.75) is 51.7 Å². The quantitative estimate of drug-likeness (QED) is 0.720. The average Bonchev–Trinajstić information content (AvgIpc) is 3.10. The number of carbonyl (C=O) groups excluding carboxylic acids is 2. The molecule has 1 aliphatic rings. The van der Waals surface area contributed by atoms with Crippen LogP contribution in [0.3, 0.4) is 0 Å². The first-order chi connectivity index (χ1) is 12.9. The molecule has 1 fully saturated rings. The Hall–Kier alpha value is -2.22. The molecule has 0 radical (unpaired) electrons. The first-order valence-electron chi connectivity index (χ1n) is 8.92. The summed E-state index contributed by atoms with van der Waals surface area (Å²) in [6.45, 7) is 3.43. The maximum Gasteiger partial charge on any atom is 0.332 e. The summed E-state index contributed by atoms with van der Waals surface area (Å²) in [5.74, 6) is 0.400. The number of ether oxygens (including phenoxy) is 1. The van der Waals surface area contributed by atoms with E-state index in [-0.39, 0.29) is 18.4 Å². The Morgan fingerprint density at radius 1 is 1.33 bits per heavy atom. The number of esters is 1. The molecule has 144 valence electrons. The van der Waals surface area contributed by atoms with E-state index >= 15 is 0 Å². The molecule has 8 heteroatoms. The van der Waals surface area contributed by atoms with E-state index in [4.69, 9.17) is 9.15 Å². The lowest BCUT2D eigenvalue weighted by Gasteiger charge is -2.37. The molecule has 0 saturated heterocycles. The number of carbonyl (C=O) groups is 2. The van der Waals surface area contributed by atoms with Crippen LogP contribution in [-0.2, 0) is 20.9 Å². The molecule has 1 heterocycles. The Kier molecular flexibility index (Phi) is 5.94. The van der Waals surface area contributed by atoms with Gasteiger partial charge in [-0.25, -0.2) is 4.79 Å². The van der Waals surface area contributed by atoms with Crippen molar-refractivity contribution in [2.75, 3.05) is 0 Å². The van der Waals surface area contributed by atoms with E-state index in [1.165, 1.54) is 6.92 Å². The van der Waals surface area contributed by atoms with E-state index in [0.717, 1.165) is 22.9 Å². The van der Waals surface area contributed by atoms with Crippen LogP contribution in [0.4, 0.5) is 0 Å². The lowest BCUT2D eigenvalue weighted by molar-refractivity contribution is -0.157. The minimum Gasteiger partial charge on any atom is -0.454 e. The summed E-state index contributed by atoms with van der Waals surface area (Å²) < 4.78 is 11.9. The molecule has 1 N–H and O–H groups in total. The number of benzene rings is 1. The number of halogens is 1. The van der Waals surface area contributed by atoms with Crippen molar-refractivity contribution in [1.82, 2.24) is 15.5 Å². The fraction of sp³-hybridized carbons (Fsp3) is 0.474. The normalized spacial score (nSPS) is 22.3. The van der Waals surface area contributed by atoms with Crippen LogP contribution in [0, 0.1) is 5.92 Å². The largest absolute Gasteiger partial charge is 0.454 e. The molecule has 1 aromatic carbocycles. The summed E-state index contributed by atoms with van der Waals surface area (Å²) in [6.07, 6.45) is 2.87. The van der Waals surface area contributed by atoms with Gasteiger partial charge in [0, 0.05) is 17.0 Å². The number of hydrogen-bond donors (Lipinski definition) is 1. The van der Waals surface area contributed by atoms with Gasteiger partial charge in [0.1, 0.15) is 5.54 Å². The van der Waals surface area contributed by atoms with E-state index in [1.807, 2.05) is 24.3 Å². The van der Waals surface area contributed by atoms with Gasteiger partial charge in [-0.2, -0.15) is 0 Å². The molecule has 1 saturated carbocycles. The van der Waals surface area contributed by atoms with Gasteiger partial charge in [0.05, 0.1) is 0 Å². The molecule has 3 rings (SSSR count). The highest BCUT2D eigenvalue weighted by atomic mass is 79.9. The topological polar surface area (TPSA) is 94.3 Å². The SMILES string of the molecule is CC(=O)NC1(C(=O)OCc2nnc(-c3cccc(Br)c3)o2)CCC(C)CC1. The minimum atomic E-state index is -0.967. The highest BCUT2D eigenvalue weighted by molar-refractivity contribution is 9.10. The highest BCUT2D eigenvalue weighted by Gasteiger charge is 2.43. The van der Waals surface area contributed by atoms with Crippen LogP contribution >= 0.6 is 15.9 Å². The highest BCUT2D eigenvalue weighted by Crippen LogP contribution is 2.33. The van der Waals surface area contributed by atoms with Gasteiger partial charge in [-0.1, -0.05) is 28.9 Å². The molecule has 0 unspecified atom stereocenters. The van der Waals surface area contributed by atoms with Gasteiger partial charge < -0.3 is 14.5 Å².